The molecule has 0 aliphatic heterocycles. The lowest BCUT2D eigenvalue weighted by molar-refractivity contribution is 0.281. The third kappa shape index (κ3) is 4.95. The van der Waals surface area contributed by atoms with Crippen LogP contribution in [0.1, 0.15) is 49.9 Å². The lowest BCUT2D eigenvalue weighted by Gasteiger charge is -2.33. The van der Waals surface area contributed by atoms with Gasteiger partial charge in [-0.25, -0.2) is 0 Å². The number of aryl methyl sites for hydroxylation is 1. The van der Waals surface area contributed by atoms with Crippen LogP contribution in [0.15, 0.2) is 89.8 Å². The summed E-state index contributed by atoms with van der Waals surface area (Å²) in [7, 11) is 0. The maximum Gasteiger partial charge on any atom is 0.116 e. The lowest BCUT2D eigenvalue weighted by Crippen LogP contribution is -2.25. The number of aromatic nitrogens is 1. The number of fused-ring (bicyclic) bond motifs is 1. The van der Waals surface area contributed by atoms with Crippen LogP contribution in [-0.4, -0.2) is 21.4 Å². The monoisotopic (exact) mass is 478 g/mol. The molecule has 0 aliphatic rings. The number of aliphatic hydroxyl groups is 1. The van der Waals surface area contributed by atoms with E-state index in [1.165, 1.54) is 0 Å². The SMILES string of the molecule is C/C(=C\N=CC(C)C)C(C)(c1ccc(C)c(CO)c1)c1ccc2cncc(-c3cccc(O)c3)c2c1. The summed E-state index contributed by atoms with van der Waals surface area (Å²) in [6.45, 7) is 10.6. The predicted octanol–water partition coefficient (Wildman–Crippen LogP) is 7.34. The summed E-state index contributed by atoms with van der Waals surface area (Å²) < 4.78 is 0. The van der Waals surface area contributed by atoms with Crippen molar-refractivity contribution < 1.29 is 10.2 Å². The van der Waals surface area contributed by atoms with E-state index in [1.54, 1.807) is 12.1 Å². The Morgan fingerprint density at radius 3 is 2.50 bits per heavy atom. The number of phenols is 1. The van der Waals surface area contributed by atoms with E-state index in [4.69, 9.17) is 0 Å². The minimum absolute atomic E-state index is 0.00491. The molecule has 3 aromatic carbocycles. The number of hydrogen-bond donors (Lipinski definition) is 2. The average molecular weight is 479 g/mol. The Kier molecular flexibility index (Phi) is 7.37. The van der Waals surface area contributed by atoms with Crippen LogP contribution in [0.25, 0.3) is 21.9 Å². The van der Waals surface area contributed by atoms with E-state index in [1.807, 2.05) is 43.9 Å². The van der Waals surface area contributed by atoms with Crippen molar-refractivity contribution in [3.05, 3.63) is 107 Å². The van der Waals surface area contributed by atoms with Gasteiger partial charge in [0.05, 0.1) is 6.61 Å². The largest absolute Gasteiger partial charge is 0.508 e. The number of phenolic OH excluding ortho intramolecular Hbond substituents is 1. The highest BCUT2D eigenvalue weighted by Gasteiger charge is 2.32. The van der Waals surface area contributed by atoms with Crippen LogP contribution >= 0.6 is 0 Å². The molecule has 1 heterocycles. The van der Waals surface area contributed by atoms with E-state index in [0.717, 1.165) is 49.7 Å². The molecule has 0 spiro atoms. The Balaban J connectivity index is 1.97. The van der Waals surface area contributed by atoms with Gasteiger partial charge in [-0.2, -0.15) is 0 Å². The van der Waals surface area contributed by atoms with Gasteiger partial charge in [-0.15, -0.1) is 0 Å². The van der Waals surface area contributed by atoms with E-state index < -0.39 is 5.41 Å². The molecule has 1 aromatic heterocycles. The number of aliphatic imine (C=N–C) groups is 1. The van der Waals surface area contributed by atoms with Crippen LogP contribution in [0.5, 0.6) is 5.75 Å². The summed E-state index contributed by atoms with van der Waals surface area (Å²) in [4.78, 5) is 9.06. The van der Waals surface area contributed by atoms with Gasteiger partial charge in [0.25, 0.3) is 0 Å². The quantitative estimate of drug-likeness (QED) is 0.273. The van der Waals surface area contributed by atoms with Crippen molar-refractivity contribution in [3.8, 4) is 16.9 Å². The second kappa shape index (κ2) is 10.5. The molecule has 1 unspecified atom stereocenters. The maximum absolute atomic E-state index is 10.1. The molecule has 1 atom stereocenters. The first-order chi connectivity index (χ1) is 17.2. The maximum atomic E-state index is 10.1. The molecule has 4 aromatic rings. The first kappa shape index (κ1) is 25.3. The molecule has 0 aliphatic carbocycles. The number of pyridine rings is 1. The molecular formula is C32H34N2O2. The van der Waals surface area contributed by atoms with Crippen molar-refractivity contribution in [1.82, 2.24) is 4.98 Å². The van der Waals surface area contributed by atoms with Gasteiger partial charge < -0.3 is 10.2 Å². The lowest BCUT2D eigenvalue weighted by atomic mass is 9.70. The summed E-state index contributed by atoms with van der Waals surface area (Å²) in [6.07, 6.45) is 7.62. The van der Waals surface area contributed by atoms with Gasteiger partial charge in [0.1, 0.15) is 5.75 Å². The van der Waals surface area contributed by atoms with E-state index in [0.29, 0.717) is 5.92 Å². The first-order valence-corrected chi connectivity index (χ1v) is 12.3. The van der Waals surface area contributed by atoms with Crippen LogP contribution in [0, 0.1) is 12.8 Å². The Bertz CT molecular complexity index is 1450. The second-order valence-electron chi connectivity index (χ2n) is 9.95. The zero-order chi connectivity index (χ0) is 25.9. The normalized spacial score (nSPS) is 14.0. The number of allylic oxidation sites excluding steroid dienone is 1. The number of rotatable bonds is 7. The third-order valence-electron chi connectivity index (χ3n) is 7.03. The molecule has 4 nitrogen and oxygen atoms in total. The smallest absolute Gasteiger partial charge is 0.116 e. The Labute approximate surface area is 213 Å². The van der Waals surface area contributed by atoms with Gasteiger partial charge >= 0.3 is 0 Å². The van der Waals surface area contributed by atoms with Crippen molar-refractivity contribution in [2.45, 2.75) is 46.6 Å². The average Bonchev–Trinajstić information content (AvgIpc) is 2.87. The van der Waals surface area contributed by atoms with Gasteiger partial charge in [-0.3, -0.25) is 9.98 Å². The summed E-state index contributed by atoms with van der Waals surface area (Å²) in [5, 5.41) is 22.2. The van der Waals surface area contributed by atoms with E-state index in [9.17, 15) is 10.2 Å². The van der Waals surface area contributed by atoms with Crippen molar-refractivity contribution >= 4 is 17.0 Å². The van der Waals surface area contributed by atoms with Crippen molar-refractivity contribution in [1.29, 1.82) is 0 Å². The molecule has 0 amide bonds. The van der Waals surface area contributed by atoms with Crippen LogP contribution in [-0.2, 0) is 12.0 Å². The summed E-state index contributed by atoms with van der Waals surface area (Å²) in [6, 6.07) is 20.1. The van der Waals surface area contributed by atoms with Crippen molar-refractivity contribution in [3.63, 3.8) is 0 Å². The first-order valence-electron chi connectivity index (χ1n) is 12.3. The number of hydrogen-bond acceptors (Lipinski definition) is 4. The van der Waals surface area contributed by atoms with Gasteiger partial charge in [-0.1, -0.05) is 56.3 Å². The zero-order valence-electron chi connectivity index (χ0n) is 21.7. The summed E-state index contributed by atoms with van der Waals surface area (Å²) in [5.74, 6) is 0.585. The Hall–Kier alpha value is -3.76. The van der Waals surface area contributed by atoms with E-state index in [2.05, 4.69) is 74.1 Å². The van der Waals surface area contributed by atoms with Crippen LogP contribution < -0.4 is 0 Å². The molecule has 4 heteroatoms. The standard InChI is InChI=1S/C32H34N2O2/c1-21(2)16-33-17-23(4)32(5,27-11-9-22(3)26(13-27)20-35)28-12-10-25-18-34-19-31(30(25)15-28)24-7-6-8-29(36)14-24/h6-19,21,35-36H,20H2,1-5H3/b23-17+,33-16?. The highest BCUT2D eigenvalue weighted by Crippen LogP contribution is 2.42. The molecular weight excluding hydrogens is 444 g/mol. The predicted molar refractivity (Wildman–Crippen MR) is 149 cm³/mol. The van der Waals surface area contributed by atoms with Crippen molar-refractivity contribution in [2.75, 3.05) is 0 Å². The minimum Gasteiger partial charge on any atom is -0.508 e. The minimum atomic E-state index is -0.487. The number of nitrogens with zero attached hydrogens (tertiary/aromatic N) is 2. The van der Waals surface area contributed by atoms with Crippen molar-refractivity contribution in [2.24, 2.45) is 10.9 Å². The summed E-state index contributed by atoms with van der Waals surface area (Å²) >= 11 is 0. The number of aliphatic hydroxyl groups excluding tert-OH is 1. The number of aromatic hydroxyl groups is 1. The molecule has 36 heavy (non-hydrogen) atoms. The fourth-order valence-corrected chi connectivity index (χ4v) is 4.61. The molecule has 0 saturated carbocycles. The highest BCUT2D eigenvalue weighted by molar-refractivity contribution is 5.96. The van der Waals surface area contributed by atoms with Crippen LogP contribution in [0.4, 0.5) is 0 Å². The molecule has 184 valence electrons. The fraction of sp³-hybridized carbons (Fsp3) is 0.250. The third-order valence-corrected chi connectivity index (χ3v) is 7.03. The zero-order valence-corrected chi connectivity index (χ0v) is 21.7. The number of benzene rings is 3. The van der Waals surface area contributed by atoms with Gasteiger partial charge in [0.2, 0.25) is 0 Å². The fourth-order valence-electron chi connectivity index (χ4n) is 4.61. The van der Waals surface area contributed by atoms with Crippen LogP contribution in [0.3, 0.4) is 0 Å². The van der Waals surface area contributed by atoms with Gasteiger partial charge in [0.15, 0.2) is 0 Å². The molecule has 0 bridgehead atoms. The Morgan fingerprint density at radius 1 is 1.03 bits per heavy atom. The van der Waals surface area contributed by atoms with Gasteiger partial charge in [0, 0.05) is 41.2 Å². The highest BCUT2D eigenvalue weighted by atomic mass is 16.3. The van der Waals surface area contributed by atoms with E-state index >= 15 is 0 Å². The van der Waals surface area contributed by atoms with Gasteiger partial charge in [-0.05, 0) is 83.7 Å². The topological polar surface area (TPSA) is 65.7 Å². The molecule has 0 fully saturated rings. The van der Waals surface area contributed by atoms with Crippen LogP contribution in [0.2, 0.25) is 0 Å². The summed E-state index contributed by atoms with van der Waals surface area (Å²) in [5.41, 5.74) is 6.69. The molecule has 0 radical (unpaired) electrons. The molecule has 2 N–H and O–H groups in total. The van der Waals surface area contributed by atoms with E-state index in [-0.39, 0.29) is 12.4 Å². The molecule has 0 saturated heterocycles. The Morgan fingerprint density at radius 2 is 1.78 bits per heavy atom. The molecule has 4 rings (SSSR count). The second-order valence-corrected chi connectivity index (χ2v) is 9.95.